The number of hydrogen-bond acceptors (Lipinski definition) is 3. The fraction of sp³-hybridized carbons (Fsp3) is 0.333. The van der Waals surface area contributed by atoms with Gasteiger partial charge < -0.3 is 15.4 Å². The zero-order valence-corrected chi connectivity index (χ0v) is 11.4. The van der Waals surface area contributed by atoms with E-state index in [2.05, 4.69) is 10.6 Å². The van der Waals surface area contributed by atoms with Gasteiger partial charge >= 0.3 is 0 Å². The third kappa shape index (κ3) is 4.42. The number of amides is 2. The Bertz CT molecular complexity index is 522. The molecule has 5 heteroatoms. The maximum atomic E-state index is 11.6. The first-order chi connectivity index (χ1) is 9.69. The molecule has 0 radical (unpaired) electrons. The summed E-state index contributed by atoms with van der Waals surface area (Å²) in [7, 11) is 1.58. The van der Waals surface area contributed by atoms with Crippen LogP contribution in [0.4, 0.5) is 0 Å². The zero-order chi connectivity index (χ0) is 14.4. The van der Waals surface area contributed by atoms with E-state index < -0.39 is 0 Å². The third-order valence-electron chi connectivity index (χ3n) is 2.92. The molecular formula is C15H18N2O3. The van der Waals surface area contributed by atoms with E-state index in [1.165, 1.54) is 6.08 Å². The van der Waals surface area contributed by atoms with Crippen LogP contribution in [0.25, 0.3) is 6.08 Å². The van der Waals surface area contributed by atoms with E-state index in [4.69, 9.17) is 4.74 Å². The summed E-state index contributed by atoms with van der Waals surface area (Å²) in [5, 5.41) is 5.35. The number of ether oxygens (including phenoxy) is 1. The van der Waals surface area contributed by atoms with Gasteiger partial charge in [0.1, 0.15) is 5.75 Å². The van der Waals surface area contributed by atoms with Gasteiger partial charge in [-0.3, -0.25) is 9.59 Å². The van der Waals surface area contributed by atoms with E-state index in [9.17, 15) is 9.59 Å². The van der Waals surface area contributed by atoms with Crippen molar-refractivity contribution in [3.8, 4) is 5.75 Å². The lowest BCUT2D eigenvalue weighted by molar-refractivity contribution is -0.124. The van der Waals surface area contributed by atoms with Crippen molar-refractivity contribution in [1.82, 2.24) is 10.6 Å². The van der Waals surface area contributed by atoms with Gasteiger partial charge in [0.25, 0.3) is 0 Å². The van der Waals surface area contributed by atoms with Gasteiger partial charge in [0.05, 0.1) is 13.7 Å². The Morgan fingerprint density at radius 3 is 2.80 bits per heavy atom. The summed E-state index contributed by atoms with van der Waals surface area (Å²) in [4.78, 5) is 23.0. The first-order valence-electron chi connectivity index (χ1n) is 6.57. The molecule has 0 bridgehead atoms. The molecule has 0 aromatic heterocycles. The van der Waals surface area contributed by atoms with Gasteiger partial charge in [-0.1, -0.05) is 18.2 Å². The molecule has 1 saturated carbocycles. The Morgan fingerprint density at radius 1 is 1.35 bits per heavy atom. The number of para-hydroxylation sites is 1. The smallest absolute Gasteiger partial charge is 0.244 e. The molecule has 2 rings (SSSR count). The second-order valence-electron chi connectivity index (χ2n) is 4.63. The highest BCUT2D eigenvalue weighted by Gasteiger charge is 2.22. The Balaban J connectivity index is 1.80. The van der Waals surface area contributed by atoms with Crippen LogP contribution in [0, 0.1) is 0 Å². The minimum absolute atomic E-state index is 0.00555. The third-order valence-corrected chi connectivity index (χ3v) is 2.92. The summed E-state index contributed by atoms with van der Waals surface area (Å²) in [5.41, 5.74) is 0.813. The molecule has 0 atom stereocenters. The van der Waals surface area contributed by atoms with E-state index in [0.29, 0.717) is 11.8 Å². The predicted molar refractivity (Wildman–Crippen MR) is 76.2 cm³/mol. The van der Waals surface area contributed by atoms with Crippen molar-refractivity contribution in [2.45, 2.75) is 18.9 Å². The summed E-state index contributed by atoms with van der Waals surface area (Å²) >= 11 is 0. The molecule has 0 heterocycles. The van der Waals surface area contributed by atoms with Crippen molar-refractivity contribution in [1.29, 1.82) is 0 Å². The Labute approximate surface area is 118 Å². The lowest BCUT2D eigenvalue weighted by atomic mass is 10.2. The van der Waals surface area contributed by atoms with Gasteiger partial charge in [-0.2, -0.15) is 0 Å². The number of methoxy groups -OCH3 is 1. The van der Waals surface area contributed by atoms with Crippen molar-refractivity contribution < 1.29 is 14.3 Å². The van der Waals surface area contributed by atoms with Crippen molar-refractivity contribution in [3.63, 3.8) is 0 Å². The standard InChI is InChI=1S/C15H18N2O3/c1-20-13-5-3-2-4-11(13)6-9-14(18)16-10-15(19)17-12-7-8-12/h2-6,9,12H,7-8,10H2,1H3,(H,16,18)(H,17,19)/b9-6+. The topological polar surface area (TPSA) is 67.4 Å². The molecule has 0 aliphatic heterocycles. The molecule has 5 nitrogen and oxygen atoms in total. The maximum absolute atomic E-state index is 11.6. The highest BCUT2D eigenvalue weighted by molar-refractivity contribution is 5.94. The molecule has 106 valence electrons. The average Bonchev–Trinajstić information content (AvgIpc) is 3.27. The van der Waals surface area contributed by atoms with Crippen molar-refractivity contribution in [3.05, 3.63) is 35.9 Å². The van der Waals surface area contributed by atoms with Gasteiger partial charge in [-0.05, 0) is 25.0 Å². The van der Waals surface area contributed by atoms with Crippen LogP contribution in [0.3, 0.4) is 0 Å². The highest BCUT2D eigenvalue weighted by atomic mass is 16.5. The van der Waals surface area contributed by atoms with Crippen LogP contribution in [0.2, 0.25) is 0 Å². The molecule has 1 fully saturated rings. The number of carbonyl (C=O) groups is 2. The second kappa shape index (κ2) is 6.75. The molecule has 1 aromatic rings. The molecule has 20 heavy (non-hydrogen) atoms. The minimum Gasteiger partial charge on any atom is -0.496 e. The molecule has 1 aliphatic rings. The van der Waals surface area contributed by atoms with E-state index in [1.54, 1.807) is 13.2 Å². The summed E-state index contributed by atoms with van der Waals surface area (Å²) < 4.78 is 5.18. The molecule has 2 amide bonds. The Hall–Kier alpha value is -2.30. The summed E-state index contributed by atoms with van der Waals surface area (Å²) in [5.74, 6) is 0.247. The monoisotopic (exact) mass is 274 g/mol. The number of nitrogens with one attached hydrogen (secondary N) is 2. The largest absolute Gasteiger partial charge is 0.496 e. The van der Waals surface area contributed by atoms with E-state index in [-0.39, 0.29) is 18.4 Å². The van der Waals surface area contributed by atoms with Gasteiger partial charge in [0.15, 0.2) is 0 Å². The molecule has 0 saturated heterocycles. The minimum atomic E-state index is -0.304. The SMILES string of the molecule is COc1ccccc1/C=C/C(=O)NCC(=O)NC1CC1. The molecule has 0 unspecified atom stereocenters. The summed E-state index contributed by atoms with van der Waals surface area (Å²) in [6, 6.07) is 7.70. The molecular weight excluding hydrogens is 256 g/mol. The first-order valence-corrected chi connectivity index (χ1v) is 6.57. The van der Waals surface area contributed by atoms with Gasteiger partial charge in [0.2, 0.25) is 11.8 Å². The van der Waals surface area contributed by atoms with Crippen LogP contribution in [0.1, 0.15) is 18.4 Å². The average molecular weight is 274 g/mol. The Morgan fingerprint density at radius 2 is 2.10 bits per heavy atom. The molecule has 1 aliphatic carbocycles. The molecule has 2 N–H and O–H groups in total. The predicted octanol–water partition coefficient (Wildman–Crippen LogP) is 1.10. The molecule has 0 spiro atoms. The van der Waals surface area contributed by atoms with Crippen LogP contribution in [-0.4, -0.2) is 31.5 Å². The lowest BCUT2D eigenvalue weighted by Gasteiger charge is -2.04. The van der Waals surface area contributed by atoms with Crippen molar-refractivity contribution in [2.75, 3.05) is 13.7 Å². The highest BCUT2D eigenvalue weighted by Crippen LogP contribution is 2.18. The van der Waals surface area contributed by atoms with Crippen molar-refractivity contribution >= 4 is 17.9 Å². The normalized spacial score (nSPS) is 14.1. The lowest BCUT2D eigenvalue weighted by Crippen LogP contribution is -2.37. The quantitative estimate of drug-likeness (QED) is 0.763. The van der Waals surface area contributed by atoms with E-state index in [0.717, 1.165) is 18.4 Å². The van der Waals surface area contributed by atoms with Crippen LogP contribution in [0.5, 0.6) is 5.75 Å². The second-order valence-corrected chi connectivity index (χ2v) is 4.63. The van der Waals surface area contributed by atoms with Crippen LogP contribution >= 0.6 is 0 Å². The van der Waals surface area contributed by atoms with E-state index >= 15 is 0 Å². The van der Waals surface area contributed by atoms with Crippen molar-refractivity contribution in [2.24, 2.45) is 0 Å². The maximum Gasteiger partial charge on any atom is 0.244 e. The summed E-state index contributed by atoms with van der Waals surface area (Å²) in [6.07, 6.45) is 5.12. The number of hydrogen-bond donors (Lipinski definition) is 2. The fourth-order valence-corrected chi connectivity index (χ4v) is 1.70. The van der Waals surface area contributed by atoms with Gasteiger partial charge in [0, 0.05) is 17.7 Å². The van der Waals surface area contributed by atoms with E-state index in [1.807, 2.05) is 24.3 Å². The number of benzene rings is 1. The molecule has 1 aromatic carbocycles. The number of rotatable bonds is 6. The van der Waals surface area contributed by atoms with Crippen LogP contribution in [-0.2, 0) is 9.59 Å². The first kappa shape index (κ1) is 14.1. The summed E-state index contributed by atoms with van der Waals surface area (Å²) in [6.45, 7) is 0.00555. The van der Waals surface area contributed by atoms with Crippen LogP contribution in [0.15, 0.2) is 30.3 Å². The van der Waals surface area contributed by atoms with Gasteiger partial charge in [-0.25, -0.2) is 0 Å². The zero-order valence-electron chi connectivity index (χ0n) is 11.4. The fourth-order valence-electron chi connectivity index (χ4n) is 1.70. The van der Waals surface area contributed by atoms with Crippen LogP contribution < -0.4 is 15.4 Å². The Kier molecular flexibility index (Phi) is 4.76. The van der Waals surface area contributed by atoms with Gasteiger partial charge in [-0.15, -0.1) is 0 Å². The number of carbonyl (C=O) groups excluding carboxylic acids is 2.